The summed E-state index contributed by atoms with van der Waals surface area (Å²) < 4.78 is 5.13. The maximum absolute atomic E-state index is 12.2. The van der Waals surface area contributed by atoms with Crippen LogP contribution in [0.3, 0.4) is 0 Å². The summed E-state index contributed by atoms with van der Waals surface area (Å²) in [5.41, 5.74) is 1.51. The number of benzene rings is 2. The fraction of sp³-hybridized carbons (Fsp3) is 0.316. The normalized spacial score (nSPS) is 13.3. The van der Waals surface area contributed by atoms with Crippen molar-refractivity contribution in [2.45, 2.75) is 25.5 Å². The smallest absolute Gasteiger partial charge is 0.164 e. The predicted molar refractivity (Wildman–Crippen MR) is 90.8 cm³/mol. The lowest BCUT2D eigenvalue weighted by molar-refractivity contribution is 0.0972. The molecule has 2 rings (SSSR count). The molecule has 0 amide bonds. The van der Waals surface area contributed by atoms with Gasteiger partial charge < -0.3 is 15.2 Å². The van der Waals surface area contributed by atoms with Crippen molar-refractivity contribution in [3.05, 3.63) is 65.7 Å². The van der Waals surface area contributed by atoms with E-state index < -0.39 is 6.10 Å². The molecule has 0 saturated carbocycles. The highest BCUT2D eigenvalue weighted by molar-refractivity contribution is 5.96. The van der Waals surface area contributed by atoms with Gasteiger partial charge in [-0.1, -0.05) is 42.5 Å². The van der Waals surface area contributed by atoms with Gasteiger partial charge in [-0.05, 0) is 24.6 Å². The van der Waals surface area contributed by atoms with Crippen LogP contribution < -0.4 is 10.1 Å². The fourth-order valence-electron chi connectivity index (χ4n) is 2.40. The molecule has 1 unspecified atom stereocenters. The lowest BCUT2D eigenvalue weighted by Crippen LogP contribution is -2.33. The summed E-state index contributed by atoms with van der Waals surface area (Å²) in [6.07, 6.45) is -0.220. The summed E-state index contributed by atoms with van der Waals surface area (Å²) in [5, 5.41) is 13.5. The topological polar surface area (TPSA) is 58.6 Å². The molecule has 0 fully saturated rings. The highest BCUT2D eigenvalue weighted by Crippen LogP contribution is 2.16. The molecular weight excluding hydrogens is 290 g/mol. The number of aliphatic hydroxyl groups is 1. The van der Waals surface area contributed by atoms with Crippen LogP contribution in [-0.2, 0) is 0 Å². The Hall–Kier alpha value is -2.17. The largest absolute Gasteiger partial charge is 0.497 e. The molecule has 23 heavy (non-hydrogen) atoms. The van der Waals surface area contributed by atoms with E-state index in [1.807, 2.05) is 43.3 Å². The molecule has 0 bridgehead atoms. The van der Waals surface area contributed by atoms with Crippen molar-refractivity contribution >= 4 is 5.78 Å². The summed E-state index contributed by atoms with van der Waals surface area (Å²) in [7, 11) is 1.58. The number of hydrogen-bond acceptors (Lipinski definition) is 4. The Bertz CT molecular complexity index is 628. The zero-order valence-corrected chi connectivity index (χ0v) is 13.5. The second kappa shape index (κ2) is 8.46. The third-order valence-electron chi connectivity index (χ3n) is 3.82. The SMILES string of the molecule is COc1cccc(C(=O)CCNC(C)[C@H](O)c2ccccc2)c1. The van der Waals surface area contributed by atoms with Gasteiger partial charge in [0.2, 0.25) is 0 Å². The number of aliphatic hydroxyl groups excluding tert-OH is 1. The van der Waals surface area contributed by atoms with Gasteiger partial charge in [0.05, 0.1) is 13.2 Å². The molecule has 0 aliphatic heterocycles. The van der Waals surface area contributed by atoms with Crippen molar-refractivity contribution in [2.75, 3.05) is 13.7 Å². The Kier molecular flexibility index (Phi) is 6.32. The summed E-state index contributed by atoms with van der Waals surface area (Å²) in [6, 6.07) is 16.5. The van der Waals surface area contributed by atoms with E-state index in [2.05, 4.69) is 5.32 Å². The number of methoxy groups -OCH3 is 1. The molecule has 0 heterocycles. The minimum Gasteiger partial charge on any atom is -0.497 e. The molecule has 2 atom stereocenters. The molecule has 0 aliphatic carbocycles. The minimum atomic E-state index is -0.594. The van der Waals surface area contributed by atoms with Gasteiger partial charge in [-0.2, -0.15) is 0 Å². The molecule has 0 radical (unpaired) electrons. The molecule has 0 aromatic heterocycles. The highest BCUT2D eigenvalue weighted by atomic mass is 16.5. The molecule has 0 saturated heterocycles. The first-order chi connectivity index (χ1) is 11.1. The Morgan fingerprint density at radius 1 is 1.17 bits per heavy atom. The molecule has 4 nitrogen and oxygen atoms in total. The van der Waals surface area contributed by atoms with Crippen LogP contribution in [0, 0.1) is 0 Å². The Morgan fingerprint density at radius 3 is 2.61 bits per heavy atom. The van der Waals surface area contributed by atoms with Crippen LogP contribution >= 0.6 is 0 Å². The average Bonchev–Trinajstić information content (AvgIpc) is 2.61. The Labute approximate surface area is 137 Å². The lowest BCUT2D eigenvalue weighted by atomic mass is 10.0. The number of carbonyl (C=O) groups is 1. The van der Waals surface area contributed by atoms with Crippen molar-refractivity contribution < 1.29 is 14.6 Å². The van der Waals surface area contributed by atoms with Gasteiger partial charge in [0.25, 0.3) is 0 Å². The molecule has 2 N–H and O–H groups in total. The number of hydrogen-bond donors (Lipinski definition) is 2. The van der Waals surface area contributed by atoms with Gasteiger partial charge in [0.1, 0.15) is 5.75 Å². The predicted octanol–water partition coefficient (Wildman–Crippen LogP) is 2.98. The van der Waals surface area contributed by atoms with Crippen molar-refractivity contribution in [3.63, 3.8) is 0 Å². The number of rotatable bonds is 8. The minimum absolute atomic E-state index is 0.0535. The molecule has 0 aliphatic rings. The summed E-state index contributed by atoms with van der Waals surface area (Å²) >= 11 is 0. The number of ether oxygens (including phenoxy) is 1. The van der Waals surface area contributed by atoms with E-state index in [0.29, 0.717) is 24.3 Å². The lowest BCUT2D eigenvalue weighted by Gasteiger charge is -2.20. The van der Waals surface area contributed by atoms with Gasteiger partial charge in [-0.3, -0.25) is 4.79 Å². The fourth-order valence-corrected chi connectivity index (χ4v) is 2.40. The summed E-state index contributed by atoms with van der Waals surface area (Å²) in [4.78, 5) is 12.2. The summed E-state index contributed by atoms with van der Waals surface area (Å²) in [6.45, 7) is 2.43. The van der Waals surface area contributed by atoms with E-state index in [1.165, 1.54) is 0 Å². The number of nitrogens with one attached hydrogen (secondary N) is 1. The Morgan fingerprint density at radius 2 is 1.91 bits per heavy atom. The van der Waals surface area contributed by atoms with Crippen molar-refractivity contribution in [1.29, 1.82) is 0 Å². The van der Waals surface area contributed by atoms with E-state index in [1.54, 1.807) is 25.3 Å². The van der Waals surface area contributed by atoms with Gasteiger partial charge >= 0.3 is 0 Å². The number of Topliss-reactive ketones (excluding diaryl/α,β-unsaturated/α-hetero) is 1. The second-order valence-corrected chi connectivity index (χ2v) is 5.50. The van der Waals surface area contributed by atoms with E-state index >= 15 is 0 Å². The van der Waals surface area contributed by atoms with Crippen LogP contribution in [0.4, 0.5) is 0 Å². The maximum atomic E-state index is 12.2. The first kappa shape index (κ1) is 17.2. The van der Waals surface area contributed by atoms with Gasteiger partial charge in [-0.15, -0.1) is 0 Å². The van der Waals surface area contributed by atoms with Gasteiger partial charge in [-0.25, -0.2) is 0 Å². The standard InChI is InChI=1S/C19H23NO3/c1-14(19(22)15-7-4-3-5-8-15)20-12-11-18(21)16-9-6-10-17(13-16)23-2/h3-10,13-14,19-20,22H,11-12H2,1-2H3/t14?,19-/m0/s1. The molecule has 122 valence electrons. The van der Waals surface area contributed by atoms with Crippen LogP contribution in [-0.4, -0.2) is 30.6 Å². The maximum Gasteiger partial charge on any atom is 0.164 e. The van der Waals surface area contributed by atoms with Crippen LogP contribution in [0.15, 0.2) is 54.6 Å². The molecular formula is C19H23NO3. The van der Waals surface area contributed by atoms with Crippen LogP contribution in [0.1, 0.15) is 35.4 Å². The van der Waals surface area contributed by atoms with Crippen molar-refractivity contribution in [2.24, 2.45) is 0 Å². The van der Waals surface area contributed by atoms with Gasteiger partial charge in [0, 0.05) is 24.6 Å². The second-order valence-electron chi connectivity index (χ2n) is 5.50. The third kappa shape index (κ3) is 4.91. The van der Waals surface area contributed by atoms with Crippen molar-refractivity contribution in [3.8, 4) is 5.75 Å². The van der Waals surface area contributed by atoms with E-state index in [-0.39, 0.29) is 11.8 Å². The van der Waals surface area contributed by atoms with Crippen molar-refractivity contribution in [1.82, 2.24) is 5.32 Å². The highest BCUT2D eigenvalue weighted by Gasteiger charge is 2.16. The first-order valence-corrected chi connectivity index (χ1v) is 7.75. The van der Waals surface area contributed by atoms with Crippen LogP contribution in [0.25, 0.3) is 0 Å². The third-order valence-corrected chi connectivity index (χ3v) is 3.82. The molecule has 0 spiro atoms. The zero-order chi connectivity index (χ0) is 16.7. The number of ketones is 1. The van der Waals surface area contributed by atoms with Crippen LogP contribution in [0.5, 0.6) is 5.75 Å². The Balaban J connectivity index is 1.83. The average molecular weight is 313 g/mol. The monoisotopic (exact) mass is 313 g/mol. The number of carbonyl (C=O) groups excluding carboxylic acids is 1. The quantitative estimate of drug-likeness (QED) is 0.736. The van der Waals surface area contributed by atoms with E-state index in [4.69, 9.17) is 4.74 Å². The molecule has 4 heteroatoms. The van der Waals surface area contributed by atoms with E-state index in [0.717, 1.165) is 5.56 Å². The molecule has 2 aromatic rings. The summed E-state index contributed by atoms with van der Waals surface area (Å²) in [5.74, 6) is 0.731. The molecule has 2 aromatic carbocycles. The van der Waals surface area contributed by atoms with Crippen LogP contribution in [0.2, 0.25) is 0 Å². The zero-order valence-electron chi connectivity index (χ0n) is 13.5. The van der Waals surface area contributed by atoms with E-state index in [9.17, 15) is 9.90 Å². The first-order valence-electron chi connectivity index (χ1n) is 7.75. The van der Waals surface area contributed by atoms with Gasteiger partial charge in [0.15, 0.2) is 5.78 Å².